The molecule has 27 heavy (non-hydrogen) atoms. The summed E-state index contributed by atoms with van der Waals surface area (Å²) < 4.78 is 11.2. The number of benzene rings is 2. The maximum absolute atomic E-state index is 13.1. The number of carbonyl (C=O) groups is 1. The fraction of sp³-hybridized carbons (Fsp3) is 0.381. The molecule has 0 bridgehead atoms. The Morgan fingerprint density at radius 3 is 2.74 bits per heavy atom. The molecule has 0 aromatic heterocycles. The highest BCUT2D eigenvalue weighted by Crippen LogP contribution is 2.24. The zero-order valence-corrected chi connectivity index (χ0v) is 16.8. The summed E-state index contributed by atoms with van der Waals surface area (Å²) in [6.45, 7) is 1.78. The zero-order valence-electron chi connectivity index (χ0n) is 15.3. The fourth-order valence-electron chi connectivity index (χ4n) is 3.27. The van der Waals surface area contributed by atoms with Crippen LogP contribution in [0.2, 0.25) is 10.0 Å². The van der Waals surface area contributed by atoms with E-state index in [9.17, 15) is 4.79 Å². The van der Waals surface area contributed by atoms with Crippen LogP contribution in [-0.4, -0.2) is 37.2 Å². The number of hydrogen-bond acceptors (Lipinski definition) is 3. The van der Waals surface area contributed by atoms with E-state index < -0.39 is 0 Å². The average molecular weight is 408 g/mol. The summed E-state index contributed by atoms with van der Waals surface area (Å²) in [7, 11) is 1.64. The van der Waals surface area contributed by atoms with Gasteiger partial charge in [0.15, 0.2) is 0 Å². The summed E-state index contributed by atoms with van der Waals surface area (Å²) in [6.07, 6.45) is 2.30. The summed E-state index contributed by atoms with van der Waals surface area (Å²) >= 11 is 12.2. The topological polar surface area (TPSA) is 38.8 Å². The van der Waals surface area contributed by atoms with Crippen molar-refractivity contribution in [1.29, 1.82) is 0 Å². The molecule has 6 heteroatoms. The molecule has 4 nitrogen and oxygen atoms in total. The van der Waals surface area contributed by atoms with Crippen molar-refractivity contribution in [1.82, 2.24) is 4.90 Å². The van der Waals surface area contributed by atoms with Crippen molar-refractivity contribution in [3.63, 3.8) is 0 Å². The lowest BCUT2D eigenvalue weighted by atomic mass is 10.1. The zero-order chi connectivity index (χ0) is 19.2. The van der Waals surface area contributed by atoms with Crippen LogP contribution in [0.4, 0.5) is 0 Å². The Morgan fingerprint density at radius 2 is 2.04 bits per heavy atom. The molecule has 1 saturated heterocycles. The van der Waals surface area contributed by atoms with Crippen LogP contribution in [0, 0.1) is 0 Å². The molecule has 2 aromatic rings. The van der Waals surface area contributed by atoms with E-state index in [0.29, 0.717) is 23.1 Å². The summed E-state index contributed by atoms with van der Waals surface area (Å²) in [6, 6.07) is 13.0. The summed E-state index contributed by atoms with van der Waals surface area (Å²) in [4.78, 5) is 14.9. The smallest absolute Gasteiger partial charge is 0.227 e. The third-order valence-corrected chi connectivity index (χ3v) is 5.30. The van der Waals surface area contributed by atoms with Crippen LogP contribution in [-0.2, 0) is 22.5 Å². The van der Waals surface area contributed by atoms with Crippen LogP contribution in [0.25, 0.3) is 0 Å². The van der Waals surface area contributed by atoms with Gasteiger partial charge in [-0.1, -0.05) is 47.5 Å². The number of ether oxygens (including phenoxy) is 2. The van der Waals surface area contributed by atoms with Crippen molar-refractivity contribution < 1.29 is 14.3 Å². The lowest BCUT2D eigenvalue weighted by Gasteiger charge is -2.26. The molecule has 0 radical (unpaired) electrons. The van der Waals surface area contributed by atoms with Gasteiger partial charge < -0.3 is 14.4 Å². The summed E-state index contributed by atoms with van der Waals surface area (Å²) in [5.74, 6) is 0.771. The molecular formula is C21H23Cl2NO3. The van der Waals surface area contributed by atoms with Gasteiger partial charge in [-0.3, -0.25) is 4.79 Å². The third kappa shape index (κ3) is 5.38. The van der Waals surface area contributed by atoms with Gasteiger partial charge in [0, 0.05) is 35.3 Å². The van der Waals surface area contributed by atoms with Crippen LogP contribution in [0.15, 0.2) is 42.5 Å². The highest BCUT2D eigenvalue weighted by Gasteiger charge is 2.24. The Balaban J connectivity index is 1.78. The van der Waals surface area contributed by atoms with Crippen molar-refractivity contribution in [2.45, 2.75) is 31.9 Å². The molecule has 0 N–H and O–H groups in total. The van der Waals surface area contributed by atoms with Gasteiger partial charge in [0.05, 0.1) is 19.6 Å². The van der Waals surface area contributed by atoms with E-state index in [1.807, 2.05) is 29.2 Å². The molecule has 1 aliphatic heterocycles. The first-order chi connectivity index (χ1) is 13.1. The van der Waals surface area contributed by atoms with Gasteiger partial charge in [0.2, 0.25) is 5.91 Å². The minimum absolute atomic E-state index is 0.000582. The fourth-order valence-corrected chi connectivity index (χ4v) is 3.74. The van der Waals surface area contributed by atoms with Crippen molar-refractivity contribution >= 4 is 29.1 Å². The van der Waals surface area contributed by atoms with Crippen LogP contribution in [0.1, 0.15) is 24.0 Å². The van der Waals surface area contributed by atoms with Crippen LogP contribution in [0.5, 0.6) is 5.75 Å². The number of para-hydroxylation sites is 1. The minimum atomic E-state index is 0.000582. The van der Waals surface area contributed by atoms with Crippen LogP contribution in [0.3, 0.4) is 0 Å². The highest BCUT2D eigenvalue weighted by molar-refractivity contribution is 6.35. The Morgan fingerprint density at radius 1 is 1.22 bits per heavy atom. The lowest BCUT2D eigenvalue weighted by Crippen LogP contribution is -2.38. The predicted molar refractivity (Wildman–Crippen MR) is 108 cm³/mol. The van der Waals surface area contributed by atoms with Crippen LogP contribution >= 0.6 is 23.2 Å². The van der Waals surface area contributed by atoms with Crippen molar-refractivity contribution in [3.8, 4) is 5.75 Å². The van der Waals surface area contributed by atoms with Gasteiger partial charge in [0.25, 0.3) is 0 Å². The van der Waals surface area contributed by atoms with E-state index in [0.717, 1.165) is 36.3 Å². The SMILES string of the molecule is COc1ccccc1CN(CC1CCCO1)C(=O)Cc1ccc(Cl)cc1Cl. The molecule has 1 amide bonds. The first-order valence-electron chi connectivity index (χ1n) is 9.02. The monoisotopic (exact) mass is 407 g/mol. The molecule has 1 fully saturated rings. The maximum Gasteiger partial charge on any atom is 0.227 e. The van der Waals surface area contributed by atoms with Crippen molar-refractivity contribution in [2.75, 3.05) is 20.3 Å². The largest absolute Gasteiger partial charge is 0.496 e. The molecule has 1 atom stereocenters. The summed E-state index contributed by atoms with van der Waals surface area (Å²) in [5.41, 5.74) is 1.73. The molecule has 0 spiro atoms. The lowest BCUT2D eigenvalue weighted by molar-refractivity contribution is -0.132. The average Bonchev–Trinajstić information content (AvgIpc) is 3.17. The Kier molecular flexibility index (Phi) is 7.00. The number of rotatable bonds is 7. The standard InChI is InChI=1S/C21H23Cl2NO3/c1-26-20-7-3-2-5-16(20)13-24(14-18-6-4-10-27-18)21(25)11-15-8-9-17(22)12-19(15)23/h2-3,5,7-9,12,18H,4,6,10-11,13-14H2,1H3. The number of amides is 1. The molecular weight excluding hydrogens is 385 g/mol. The van der Waals surface area contributed by atoms with Gasteiger partial charge in [0.1, 0.15) is 5.75 Å². The first kappa shape index (κ1) is 20.0. The number of methoxy groups -OCH3 is 1. The molecule has 144 valence electrons. The van der Waals surface area contributed by atoms with E-state index in [2.05, 4.69) is 0 Å². The van der Waals surface area contributed by atoms with E-state index in [1.54, 1.807) is 25.3 Å². The second-order valence-electron chi connectivity index (χ2n) is 6.63. The van der Waals surface area contributed by atoms with Crippen molar-refractivity contribution in [3.05, 3.63) is 63.6 Å². The van der Waals surface area contributed by atoms with E-state index >= 15 is 0 Å². The third-order valence-electron chi connectivity index (χ3n) is 4.71. The number of nitrogens with zero attached hydrogens (tertiary/aromatic N) is 1. The number of hydrogen-bond donors (Lipinski definition) is 0. The normalized spacial score (nSPS) is 16.3. The number of carbonyl (C=O) groups excluding carboxylic acids is 1. The number of halogens is 2. The Hall–Kier alpha value is -1.75. The molecule has 0 aliphatic carbocycles. The highest BCUT2D eigenvalue weighted by atomic mass is 35.5. The molecule has 1 unspecified atom stereocenters. The molecule has 1 aliphatic rings. The van der Waals surface area contributed by atoms with Gasteiger partial charge in [-0.25, -0.2) is 0 Å². The maximum atomic E-state index is 13.1. The van der Waals surface area contributed by atoms with Crippen molar-refractivity contribution in [2.24, 2.45) is 0 Å². The second kappa shape index (κ2) is 9.45. The summed E-state index contributed by atoms with van der Waals surface area (Å²) in [5, 5.41) is 1.06. The molecule has 0 saturated carbocycles. The van der Waals surface area contributed by atoms with E-state index in [-0.39, 0.29) is 18.4 Å². The minimum Gasteiger partial charge on any atom is -0.496 e. The predicted octanol–water partition coefficient (Wildman–Crippen LogP) is 4.75. The first-order valence-corrected chi connectivity index (χ1v) is 9.77. The van der Waals surface area contributed by atoms with Gasteiger partial charge in [-0.2, -0.15) is 0 Å². The van der Waals surface area contributed by atoms with E-state index in [1.165, 1.54) is 0 Å². The molecule has 3 rings (SSSR count). The van der Waals surface area contributed by atoms with E-state index in [4.69, 9.17) is 32.7 Å². The Bertz CT molecular complexity index is 791. The quantitative estimate of drug-likeness (QED) is 0.664. The van der Waals surface area contributed by atoms with Gasteiger partial charge in [-0.15, -0.1) is 0 Å². The second-order valence-corrected chi connectivity index (χ2v) is 7.48. The van der Waals surface area contributed by atoms with Gasteiger partial charge in [-0.05, 0) is 36.6 Å². The molecule has 2 aromatic carbocycles. The van der Waals surface area contributed by atoms with Gasteiger partial charge >= 0.3 is 0 Å². The Labute approximate surface area is 170 Å². The van der Waals surface area contributed by atoms with Crippen LogP contribution < -0.4 is 4.74 Å². The molecule has 1 heterocycles.